The fourth-order valence-electron chi connectivity index (χ4n) is 2.51. The van der Waals surface area contributed by atoms with Gasteiger partial charge in [-0.15, -0.1) is 0 Å². The lowest BCUT2D eigenvalue weighted by Gasteiger charge is -2.05. The van der Waals surface area contributed by atoms with E-state index in [2.05, 4.69) is 20.6 Å². The van der Waals surface area contributed by atoms with Gasteiger partial charge in [0.05, 0.1) is 16.9 Å². The van der Waals surface area contributed by atoms with Crippen LogP contribution in [0.2, 0.25) is 5.02 Å². The number of carbonyl (C=O) groups is 1. The van der Waals surface area contributed by atoms with E-state index in [0.29, 0.717) is 30.5 Å². The van der Waals surface area contributed by atoms with E-state index in [9.17, 15) is 4.79 Å². The number of aryl methyl sites for hydroxylation is 3. The third-order valence-corrected chi connectivity index (χ3v) is 3.90. The molecule has 0 aliphatic rings. The molecule has 0 saturated carbocycles. The van der Waals surface area contributed by atoms with Crippen molar-refractivity contribution in [1.82, 2.24) is 34.7 Å². The predicted molar refractivity (Wildman–Crippen MR) is 93.5 cm³/mol. The van der Waals surface area contributed by atoms with Crippen molar-refractivity contribution in [2.75, 3.05) is 6.54 Å². The van der Waals surface area contributed by atoms with Crippen LogP contribution in [0.1, 0.15) is 28.3 Å². The number of hydrogen-bond donors (Lipinski definition) is 1. The first-order valence-electron chi connectivity index (χ1n) is 8.02. The number of amides is 1. The van der Waals surface area contributed by atoms with Crippen LogP contribution in [0.15, 0.2) is 30.7 Å². The molecular formula is C16H20ClN7O. The zero-order chi connectivity index (χ0) is 17.8. The first kappa shape index (κ1) is 17.2. The van der Waals surface area contributed by atoms with Crippen molar-refractivity contribution in [2.24, 2.45) is 0 Å². The maximum Gasteiger partial charge on any atom is 0.271 e. The molecule has 25 heavy (non-hydrogen) atoms. The molecule has 0 aliphatic carbocycles. The molecule has 8 nitrogen and oxygen atoms in total. The van der Waals surface area contributed by atoms with E-state index in [-0.39, 0.29) is 5.91 Å². The molecule has 3 aromatic rings. The number of nitrogens with one attached hydrogen (secondary N) is 1. The highest BCUT2D eigenvalue weighted by Crippen LogP contribution is 2.05. The molecule has 0 bridgehead atoms. The second-order valence-corrected chi connectivity index (χ2v) is 6.28. The van der Waals surface area contributed by atoms with Crippen LogP contribution in [0.25, 0.3) is 0 Å². The molecular weight excluding hydrogens is 342 g/mol. The lowest BCUT2D eigenvalue weighted by atomic mass is 10.3. The van der Waals surface area contributed by atoms with Crippen LogP contribution >= 0.6 is 11.6 Å². The molecule has 1 N–H and O–H groups in total. The summed E-state index contributed by atoms with van der Waals surface area (Å²) in [5.74, 6) is -0.189. The molecule has 0 saturated heterocycles. The third-order valence-electron chi connectivity index (χ3n) is 3.71. The van der Waals surface area contributed by atoms with Crippen molar-refractivity contribution < 1.29 is 4.79 Å². The summed E-state index contributed by atoms with van der Waals surface area (Å²) in [4.78, 5) is 12.1. The molecule has 3 heterocycles. The number of carbonyl (C=O) groups excluding carboxylic acids is 1. The van der Waals surface area contributed by atoms with E-state index in [4.69, 9.17) is 11.6 Å². The third kappa shape index (κ3) is 4.48. The molecule has 3 aromatic heterocycles. The maximum atomic E-state index is 12.1. The molecule has 0 atom stereocenters. The van der Waals surface area contributed by atoms with Gasteiger partial charge in [0, 0.05) is 31.2 Å². The Labute approximate surface area is 150 Å². The van der Waals surface area contributed by atoms with Crippen LogP contribution in [0.5, 0.6) is 0 Å². The van der Waals surface area contributed by atoms with Crippen LogP contribution < -0.4 is 5.32 Å². The Morgan fingerprint density at radius 1 is 1.28 bits per heavy atom. The van der Waals surface area contributed by atoms with Crippen molar-refractivity contribution in [2.45, 2.75) is 33.5 Å². The predicted octanol–water partition coefficient (Wildman–Crippen LogP) is 1.87. The Bertz CT molecular complexity index is 864. The van der Waals surface area contributed by atoms with E-state index >= 15 is 0 Å². The van der Waals surface area contributed by atoms with Gasteiger partial charge in [0.2, 0.25) is 0 Å². The Hall–Kier alpha value is -2.61. The topological polar surface area (TPSA) is 82.6 Å². The second kappa shape index (κ2) is 7.52. The van der Waals surface area contributed by atoms with Crippen LogP contribution in [-0.4, -0.2) is 41.8 Å². The van der Waals surface area contributed by atoms with Crippen molar-refractivity contribution in [3.63, 3.8) is 0 Å². The fraction of sp³-hybridized carbons (Fsp3) is 0.375. The van der Waals surface area contributed by atoms with Crippen molar-refractivity contribution in [3.05, 3.63) is 52.8 Å². The molecule has 0 aliphatic heterocycles. The lowest BCUT2D eigenvalue weighted by molar-refractivity contribution is 0.0946. The number of halogens is 1. The number of rotatable bonds is 7. The summed E-state index contributed by atoms with van der Waals surface area (Å²) in [6.45, 7) is 5.65. The number of hydrogen-bond acceptors (Lipinski definition) is 4. The van der Waals surface area contributed by atoms with E-state index in [0.717, 1.165) is 17.8 Å². The van der Waals surface area contributed by atoms with Crippen LogP contribution in [0, 0.1) is 13.8 Å². The van der Waals surface area contributed by atoms with Gasteiger partial charge < -0.3 is 5.32 Å². The molecule has 0 radical (unpaired) electrons. The molecule has 0 aromatic carbocycles. The average Bonchev–Trinajstić information content (AvgIpc) is 3.26. The fourth-order valence-corrected chi connectivity index (χ4v) is 2.67. The highest BCUT2D eigenvalue weighted by Gasteiger charge is 2.10. The first-order chi connectivity index (χ1) is 12.0. The summed E-state index contributed by atoms with van der Waals surface area (Å²) in [6, 6.07) is 3.71. The van der Waals surface area contributed by atoms with Crippen LogP contribution in [-0.2, 0) is 13.2 Å². The summed E-state index contributed by atoms with van der Waals surface area (Å²) in [6.07, 6.45) is 5.88. The molecule has 1 amide bonds. The highest BCUT2D eigenvalue weighted by atomic mass is 35.5. The largest absolute Gasteiger partial charge is 0.351 e. The minimum Gasteiger partial charge on any atom is -0.351 e. The Kier molecular flexibility index (Phi) is 5.18. The standard InChI is InChI=1S/C16H20ClN7O/c1-12-8-13(2)24(20-12)11-23-7-4-15(21-23)16(25)18-5-3-6-22-10-14(17)9-19-22/h4,7-10H,3,5-6,11H2,1-2H3,(H,18,25). The maximum absolute atomic E-state index is 12.1. The Morgan fingerprint density at radius 3 is 2.80 bits per heavy atom. The molecule has 0 unspecified atom stereocenters. The van der Waals surface area contributed by atoms with Gasteiger partial charge in [-0.3, -0.25) is 14.2 Å². The van der Waals surface area contributed by atoms with Gasteiger partial charge in [0.15, 0.2) is 0 Å². The van der Waals surface area contributed by atoms with E-state index in [1.807, 2.05) is 24.6 Å². The minimum atomic E-state index is -0.189. The van der Waals surface area contributed by atoms with Crippen molar-refractivity contribution in [1.29, 1.82) is 0 Å². The Morgan fingerprint density at radius 2 is 2.12 bits per heavy atom. The quantitative estimate of drug-likeness (QED) is 0.651. The van der Waals surface area contributed by atoms with E-state index in [1.54, 1.807) is 34.0 Å². The van der Waals surface area contributed by atoms with Gasteiger partial charge in [-0.25, -0.2) is 4.68 Å². The monoisotopic (exact) mass is 361 g/mol. The SMILES string of the molecule is Cc1cc(C)n(Cn2ccc(C(=O)NCCCn3cc(Cl)cn3)n2)n1. The van der Waals surface area contributed by atoms with E-state index < -0.39 is 0 Å². The van der Waals surface area contributed by atoms with Crippen LogP contribution in [0.3, 0.4) is 0 Å². The number of aromatic nitrogens is 6. The van der Waals surface area contributed by atoms with Gasteiger partial charge in [-0.2, -0.15) is 15.3 Å². The van der Waals surface area contributed by atoms with Gasteiger partial charge >= 0.3 is 0 Å². The zero-order valence-electron chi connectivity index (χ0n) is 14.2. The van der Waals surface area contributed by atoms with Crippen molar-refractivity contribution >= 4 is 17.5 Å². The molecule has 0 fully saturated rings. The van der Waals surface area contributed by atoms with Gasteiger partial charge in [-0.05, 0) is 32.4 Å². The van der Waals surface area contributed by atoms with E-state index in [1.165, 1.54) is 0 Å². The van der Waals surface area contributed by atoms with Gasteiger partial charge in [-0.1, -0.05) is 11.6 Å². The minimum absolute atomic E-state index is 0.189. The molecule has 132 valence electrons. The second-order valence-electron chi connectivity index (χ2n) is 5.84. The van der Waals surface area contributed by atoms with Crippen LogP contribution in [0.4, 0.5) is 0 Å². The Balaban J connectivity index is 1.48. The summed E-state index contributed by atoms with van der Waals surface area (Å²) >= 11 is 5.81. The summed E-state index contributed by atoms with van der Waals surface area (Å²) in [5.41, 5.74) is 2.41. The summed E-state index contributed by atoms with van der Waals surface area (Å²) in [5, 5.41) is 16.2. The highest BCUT2D eigenvalue weighted by molar-refractivity contribution is 6.30. The first-order valence-corrected chi connectivity index (χ1v) is 8.40. The normalized spacial score (nSPS) is 11.0. The van der Waals surface area contributed by atoms with Gasteiger partial charge in [0.1, 0.15) is 12.4 Å². The van der Waals surface area contributed by atoms with Crippen molar-refractivity contribution in [3.8, 4) is 0 Å². The smallest absolute Gasteiger partial charge is 0.271 e. The average molecular weight is 362 g/mol. The zero-order valence-corrected chi connectivity index (χ0v) is 14.9. The summed E-state index contributed by atoms with van der Waals surface area (Å²) in [7, 11) is 0. The molecule has 0 spiro atoms. The molecule has 9 heteroatoms. The summed E-state index contributed by atoms with van der Waals surface area (Å²) < 4.78 is 5.29. The number of nitrogens with zero attached hydrogens (tertiary/aromatic N) is 6. The molecule has 3 rings (SSSR count). The lowest BCUT2D eigenvalue weighted by Crippen LogP contribution is -2.26. The van der Waals surface area contributed by atoms with Gasteiger partial charge in [0.25, 0.3) is 5.91 Å².